The van der Waals surface area contributed by atoms with Gasteiger partial charge in [-0.2, -0.15) is 0 Å². The van der Waals surface area contributed by atoms with Crippen molar-refractivity contribution in [2.45, 2.75) is 13.8 Å². The van der Waals surface area contributed by atoms with Crippen LogP contribution in [0, 0.1) is 17.3 Å². The monoisotopic (exact) mass is 142 g/mol. The van der Waals surface area contributed by atoms with Crippen LogP contribution >= 0.6 is 0 Å². The highest BCUT2D eigenvalue weighted by Gasteiger charge is 2.58. The molecule has 0 aromatic carbocycles. The summed E-state index contributed by atoms with van der Waals surface area (Å²) in [5.41, 5.74) is 0.487. The molecular formula is C8H14O2. The van der Waals surface area contributed by atoms with Crippen molar-refractivity contribution in [3.63, 3.8) is 0 Å². The molecule has 0 aromatic rings. The van der Waals surface area contributed by atoms with Crippen LogP contribution in [0.3, 0.4) is 0 Å². The summed E-state index contributed by atoms with van der Waals surface area (Å²) < 4.78 is 10.5. The molecule has 0 aromatic heterocycles. The third-order valence-electron chi connectivity index (χ3n) is 3.05. The Kier molecular flexibility index (Phi) is 1.29. The molecule has 1 saturated carbocycles. The molecule has 1 aliphatic heterocycles. The average molecular weight is 142 g/mol. The number of hydrogen-bond donors (Lipinski definition) is 0. The molecule has 2 aliphatic rings. The third kappa shape index (κ3) is 0.789. The first kappa shape index (κ1) is 6.62. The quantitative estimate of drug-likeness (QED) is 0.507. The summed E-state index contributed by atoms with van der Waals surface area (Å²) in [6, 6.07) is 0. The zero-order chi connectivity index (χ0) is 7.19. The van der Waals surface area contributed by atoms with E-state index in [0.717, 1.165) is 25.0 Å². The van der Waals surface area contributed by atoms with Crippen LogP contribution in [-0.2, 0) is 9.47 Å². The highest BCUT2D eigenvalue weighted by molar-refractivity contribution is 5.04. The van der Waals surface area contributed by atoms with Crippen molar-refractivity contribution < 1.29 is 9.47 Å². The minimum atomic E-state index is 0.487. The van der Waals surface area contributed by atoms with Gasteiger partial charge in [-0.05, 0) is 17.3 Å². The molecule has 1 aliphatic carbocycles. The molecule has 0 bridgehead atoms. The molecule has 2 fully saturated rings. The summed E-state index contributed by atoms with van der Waals surface area (Å²) in [5.74, 6) is 1.52. The van der Waals surface area contributed by atoms with Crippen molar-refractivity contribution in [2.24, 2.45) is 17.3 Å². The third-order valence-corrected chi connectivity index (χ3v) is 3.05. The van der Waals surface area contributed by atoms with Gasteiger partial charge in [0.05, 0.1) is 13.2 Å². The number of hydrogen-bond acceptors (Lipinski definition) is 2. The molecule has 0 radical (unpaired) electrons. The van der Waals surface area contributed by atoms with Crippen molar-refractivity contribution in [3.8, 4) is 0 Å². The van der Waals surface area contributed by atoms with E-state index < -0.39 is 0 Å². The van der Waals surface area contributed by atoms with E-state index in [2.05, 4.69) is 13.8 Å². The molecule has 0 N–H and O–H groups in total. The van der Waals surface area contributed by atoms with Crippen molar-refractivity contribution >= 4 is 0 Å². The van der Waals surface area contributed by atoms with E-state index in [0.29, 0.717) is 12.2 Å². The van der Waals surface area contributed by atoms with Gasteiger partial charge in [-0.25, -0.2) is 0 Å². The standard InChI is InChI=1S/C8H14O2/c1-8(2)6-3-9-5-10-4-7(6)8/h6-7H,3-5H2,1-2H3. The van der Waals surface area contributed by atoms with Gasteiger partial charge in [0.25, 0.3) is 0 Å². The Bertz CT molecular complexity index is 128. The van der Waals surface area contributed by atoms with E-state index in [1.807, 2.05) is 0 Å². The molecular weight excluding hydrogens is 128 g/mol. The fourth-order valence-electron chi connectivity index (χ4n) is 1.93. The first-order valence-corrected chi connectivity index (χ1v) is 3.88. The minimum Gasteiger partial charge on any atom is -0.355 e. The molecule has 2 unspecified atom stereocenters. The molecule has 1 heterocycles. The number of fused-ring (bicyclic) bond motifs is 1. The fourth-order valence-corrected chi connectivity index (χ4v) is 1.93. The maximum atomic E-state index is 5.26. The van der Waals surface area contributed by atoms with Gasteiger partial charge in [-0.3, -0.25) is 0 Å². The van der Waals surface area contributed by atoms with E-state index in [1.165, 1.54) is 0 Å². The molecule has 2 atom stereocenters. The highest BCUT2D eigenvalue weighted by atomic mass is 16.7. The second-order valence-electron chi connectivity index (χ2n) is 3.89. The molecule has 2 nitrogen and oxygen atoms in total. The van der Waals surface area contributed by atoms with Crippen LogP contribution in [0.4, 0.5) is 0 Å². The van der Waals surface area contributed by atoms with Gasteiger partial charge < -0.3 is 9.47 Å². The maximum Gasteiger partial charge on any atom is 0.146 e. The second-order valence-corrected chi connectivity index (χ2v) is 3.89. The molecule has 0 spiro atoms. The summed E-state index contributed by atoms with van der Waals surface area (Å²) in [4.78, 5) is 0. The van der Waals surface area contributed by atoms with E-state index in [9.17, 15) is 0 Å². The van der Waals surface area contributed by atoms with Gasteiger partial charge >= 0.3 is 0 Å². The fraction of sp³-hybridized carbons (Fsp3) is 1.00. The Morgan fingerprint density at radius 2 is 1.60 bits per heavy atom. The van der Waals surface area contributed by atoms with E-state index >= 15 is 0 Å². The first-order valence-electron chi connectivity index (χ1n) is 3.88. The van der Waals surface area contributed by atoms with Crippen molar-refractivity contribution in [3.05, 3.63) is 0 Å². The minimum absolute atomic E-state index is 0.487. The molecule has 2 heteroatoms. The van der Waals surface area contributed by atoms with Gasteiger partial charge in [0, 0.05) is 0 Å². The van der Waals surface area contributed by atoms with Gasteiger partial charge in [-0.15, -0.1) is 0 Å². The lowest BCUT2D eigenvalue weighted by atomic mass is 10.1. The summed E-state index contributed by atoms with van der Waals surface area (Å²) >= 11 is 0. The van der Waals surface area contributed by atoms with Crippen LogP contribution in [-0.4, -0.2) is 20.0 Å². The van der Waals surface area contributed by atoms with Crippen LogP contribution in [0.2, 0.25) is 0 Å². The average Bonchev–Trinajstić information content (AvgIpc) is 2.47. The van der Waals surface area contributed by atoms with Gasteiger partial charge in [0.15, 0.2) is 0 Å². The smallest absolute Gasteiger partial charge is 0.146 e. The zero-order valence-corrected chi connectivity index (χ0v) is 6.59. The van der Waals surface area contributed by atoms with Crippen LogP contribution in [0.5, 0.6) is 0 Å². The SMILES string of the molecule is CC1(C)C2COCOCC21. The maximum absolute atomic E-state index is 5.26. The molecule has 10 heavy (non-hydrogen) atoms. The summed E-state index contributed by atoms with van der Waals surface area (Å²) in [5, 5.41) is 0. The molecule has 58 valence electrons. The second kappa shape index (κ2) is 1.95. The van der Waals surface area contributed by atoms with Gasteiger partial charge in [-0.1, -0.05) is 13.8 Å². The Hall–Kier alpha value is -0.0800. The van der Waals surface area contributed by atoms with Crippen LogP contribution < -0.4 is 0 Å². The zero-order valence-electron chi connectivity index (χ0n) is 6.59. The highest BCUT2D eigenvalue weighted by Crippen LogP contribution is 2.58. The number of ether oxygens (including phenoxy) is 2. The van der Waals surface area contributed by atoms with E-state index in [4.69, 9.17) is 9.47 Å². The van der Waals surface area contributed by atoms with Crippen LogP contribution in [0.1, 0.15) is 13.8 Å². The Balaban J connectivity index is 2.01. The van der Waals surface area contributed by atoms with Crippen molar-refractivity contribution in [1.82, 2.24) is 0 Å². The Labute approximate surface area is 61.5 Å². The summed E-state index contributed by atoms with van der Waals surface area (Å²) in [6.45, 7) is 6.89. The molecule has 2 rings (SSSR count). The van der Waals surface area contributed by atoms with E-state index in [-0.39, 0.29) is 0 Å². The topological polar surface area (TPSA) is 18.5 Å². The molecule has 0 amide bonds. The predicted octanol–water partition coefficient (Wildman–Crippen LogP) is 1.26. The largest absolute Gasteiger partial charge is 0.355 e. The lowest BCUT2D eigenvalue weighted by Crippen LogP contribution is -2.06. The van der Waals surface area contributed by atoms with Gasteiger partial charge in [0.2, 0.25) is 0 Å². The Morgan fingerprint density at radius 1 is 1.10 bits per heavy atom. The van der Waals surface area contributed by atoms with Crippen LogP contribution in [0.25, 0.3) is 0 Å². The van der Waals surface area contributed by atoms with Crippen LogP contribution in [0.15, 0.2) is 0 Å². The first-order chi connectivity index (χ1) is 4.73. The normalized spacial score (nSPS) is 43.8. The van der Waals surface area contributed by atoms with Crippen molar-refractivity contribution in [1.29, 1.82) is 0 Å². The molecule has 1 saturated heterocycles. The predicted molar refractivity (Wildman–Crippen MR) is 37.5 cm³/mol. The Morgan fingerprint density at radius 3 is 2.10 bits per heavy atom. The number of rotatable bonds is 0. The van der Waals surface area contributed by atoms with Gasteiger partial charge in [0.1, 0.15) is 6.79 Å². The van der Waals surface area contributed by atoms with Crippen molar-refractivity contribution in [2.75, 3.05) is 20.0 Å². The lowest BCUT2D eigenvalue weighted by molar-refractivity contribution is -0.0495. The summed E-state index contributed by atoms with van der Waals surface area (Å²) in [6.07, 6.45) is 0. The lowest BCUT2D eigenvalue weighted by Gasteiger charge is -2.06. The van der Waals surface area contributed by atoms with E-state index in [1.54, 1.807) is 0 Å². The summed E-state index contributed by atoms with van der Waals surface area (Å²) in [7, 11) is 0.